The predicted molar refractivity (Wildman–Crippen MR) is 103 cm³/mol. The van der Waals surface area contributed by atoms with Gasteiger partial charge in [0.1, 0.15) is 6.07 Å². The Morgan fingerprint density at radius 1 is 1.34 bits per heavy atom. The van der Waals surface area contributed by atoms with Gasteiger partial charge in [-0.05, 0) is 25.5 Å². The second-order valence-electron chi connectivity index (χ2n) is 6.50. The SMILES string of the molecule is CC/C=C(/C)C(=O)OCC(=O)N1CCN(c2oc(-c3ccco3)nc2C#N)CC1. The number of hydrogen-bond donors (Lipinski definition) is 0. The normalized spacial score (nSPS) is 14.6. The minimum atomic E-state index is -0.482. The number of amides is 1. The fraction of sp³-hybridized carbons (Fsp3) is 0.400. The molecule has 9 nitrogen and oxygen atoms in total. The van der Waals surface area contributed by atoms with Gasteiger partial charge in [0, 0.05) is 31.8 Å². The van der Waals surface area contributed by atoms with E-state index >= 15 is 0 Å². The van der Waals surface area contributed by atoms with Gasteiger partial charge >= 0.3 is 5.97 Å². The molecule has 0 atom stereocenters. The molecule has 0 aliphatic carbocycles. The number of oxazole rings is 1. The van der Waals surface area contributed by atoms with Gasteiger partial charge in [-0.1, -0.05) is 13.0 Å². The topological polar surface area (TPSA) is 113 Å². The molecule has 2 aromatic heterocycles. The number of piperazine rings is 1. The summed E-state index contributed by atoms with van der Waals surface area (Å²) in [6.45, 7) is 5.07. The maximum absolute atomic E-state index is 12.3. The zero-order valence-electron chi connectivity index (χ0n) is 16.4. The zero-order chi connectivity index (χ0) is 20.8. The van der Waals surface area contributed by atoms with Gasteiger partial charge in [-0.25, -0.2) is 4.79 Å². The van der Waals surface area contributed by atoms with E-state index in [1.54, 1.807) is 30.0 Å². The molecule has 0 N–H and O–H groups in total. The van der Waals surface area contributed by atoms with Gasteiger partial charge in [0.2, 0.25) is 11.6 Å². The van der Waals surface area contributed by atoms with Crippen LogP contribution in [-0.2, 0) is 14.3 Å². The van der Waals surface area contributed by atoms with Crippen molar-refractivity contribution in [3.8, 4) is 17.7 Å². The third-order valence-electron chi connectivity index (χ3n) is 4.53. The van der Waals surface area contributed by atoms with Crippen LogP contribution in [0.15, 0.2) is 38.9 Å². The molecule has 0 radical (unpaired) electrons. The lowest BCUT2D eigenvalue weighted by molar-refractivity contribution is -0.149. The molecular formula is C20H22N4O5. The summed E-state index contributed by atoms with van der Waals surface area (Å²) in [5.74, 6) is 0.303. The van der Waals surface area contributed by atoms with Crippen molar-refractivity contribution in [3.63, 3.8) is 0 Å². The highest BCUT2D eigenvalue weighted by molar-refractivity contribution is 5.90. The number of ether oxygens (including phenoxy) is 1. The summed E-state index contributed by atoms with van der Waals surface area (Å²) < 4.78 is 16.1. The number of aromatic nitrogens is 1. The molecule has 1 aliphatic heterocycles. The lowest BCUT2D eigenvalue weighted by Gasteiger charge is -2.34. The van der Waals surface area contributed by atoms with Crippen LogP contribution in [0.25, 0.3) is 11.7 Å². The Hall–Kier alpha value is -3.54. The molecule has 152 valence electrons. The number of allylic oxidation sites excluding steroid dienone is 1. The third-order valence-corrected chi connectivity index (χ3v) is 4.53. The maximum Gasteiger partial charge on any atom is 0.333 e. The van der Waals surface area contributed by atoms with E-state index in [0.717, 1.165) is 6.42 Å². The van der Waals surface area contributed by atoms with Crippen molar-refractivity contribution in [2.24, 2.45) is 0 Å². The van der Waals surface area contributed by atoms with E-state index in [1.165, 1.54) is 6.26 Å². The molecule has 0 bridgehead atoms. The molecule has 0 aromatic carbocycles. The van der Waals surface area contributed by atoms with E-state index in [9.17, 15) is 14.9 Å². The first-order valence-corrected chi connectivity index (χ1v) is 9.34. The standard InChI is InChI=1S/C20H22N4O5/c1-3-5-14(2)20(26)28-13-17(25)23-7-9-24(10-8-23)19-15(12-21)22-18(29-19)16-6-4-11-27-16/h4-6,11H,3,7-10,13H2,1-2H3/b14-5-. The van der Waals surface area contributed by atoms with Gasteiger partial charge in [0.05, 0.1) is 6.26 Å². The first-order chi connectivity index (χ1) is 14.0. The zero-order valence-corrected chi connectivity index (χ0v) is 16.4. The molecule has 0 unspecified atom stereocenters. The lowest BCUT2D eigenvalue weighted by atomic mass is 10.2. The Morgan fingerprint density at radius 3 is 2.72 bits per heavy atom. The van der Waals surface area contributed by atoms with Crippen molar-refractivity contribution in [1.29, 1.82) is 5.26 Å². The molecule has 1 fully saturated rings. The number of nitrogens with zero attached hydrogens (tertiary/aromatic N) is 4. The van der Waals surface area contributed by atoms with E-state index in [1.807, 2.05) is 17.9 Å². The average molecular weight is 398 g/mol. The average Bonchev–Trinajstić information content (AvgIpc) is 3.41. The van der Waals surface area contributed by atoms with Gasteiger partial charge < -0.3 is 23.4 Å². The van der Waals surface area contributed by atoms with Gasteiger partial charge in [0.15, 0.2) is 12.4 Å². The number of hydrogen-bond acceptors (Lipinski definition) is 8. The van der Waals surface area contributed by atoms with Crippen molar-refractivity contribution in [2.45, 2.75) is 20.3 Å². The van der Waals surface area contributed by atoms with Crippen molar-refractivity contribution in [2.75, 3.05) is 37.7 Å². The Kier molecular flexibility index (Phi) is 6.34. The van der Waals surface area contributed by atoms with Crippen LogP contribution in [0.2, 0.25) is 0 Å². The number of furan rings is 1. The Bertz CT molecular complexity index is 931. The molecule has 3 rings (SSSR count). The monoisotopic (exact) mass is 398 g/mol. The summed E-state index contributed by atoms with van der Waals surface area (Å²) in [4.78, 5) is 31.8. The Labute approximate surface area is 168 Å². The van der Waals surface area contributed by atoms with Crippen LogP contribution in [0.1, 0.15) is 26.0 Å². The second-order valence-corrected chi connectivity index (χ2v) is 6.50. The minimum absolute atomic E-state index is 0.170. The first kappa shape index (κ1) is 20.2. The van der Waals surface area contributed by atoms with E-state index in [-0.39, 0.29) is 24.1 Å². The van der Waals surface area contributed by atoms with Crippen LogP contribution in [0, 0.1) is 11.3 Å². The van der Waals surface area contributed by atoms with Crippen molar-refractivity contribution in [1.82, 2.24) is 9.88 Å². The summed E-state index contributed by atoms with van der Waals surface area (Å²) in [5, 5.41) is 9.36. The second kappa shape index (κ2) is 9.10. The lowest BCUT2D eigenvalue weighted by Crippen LogP contribution is -2.50. The highest BCUT2D eigenvalue weighted by Gasteiger charge is 2.27. The number of carbonyl (C=O) groups is 2. The van der Waals surface area contributed by atoms with E-state index in [2.05, 4.69) is 4.98 Å². The van der Waals surface area contributed by atoms with Crippen LogP contribution in [-0.4, -0.2) is 54.5 Å². The highest BCUT2D eigenvalue weighted by atomic mass is 16.5. The molecule has 0 spiro atoms. The summed E-state index contributed by atoms with van der Waals surface area (Å²) in [7, 11) is 0. The smallest absolute Gasteiger partial charge is 0.333 e. The molecule has 1 aliphatic rings. The summed E-state index contributed by atoms with van der Waals surface area (Å²) in [6, 6.07) is 5.44. The van der Waals surface area contributed by atoms with Gasteiger partial charge in [0.25, 0.3) is 11.8 Å². The van der Waals surface area contributed by atoms with E-state index in [4.69, 9.17) is 13.6 Å². The summed E-state index contributed by atoms with van der Waals surface area (Å²) >= 11 is 0. The van der Waals surface area contributed by atoms with Crippen LogP contribution in [0.4, 0.5) is 5.88 Å². The molecule has 0 saturated carbocycles. The van der Waals surface area contributed by atoms with E-state index in [0.29, 0.717) is 43.4 Å². The molecule has 1 amide bonds. The highest BCUT2D eigenvalue weighted by Crippen LogP contribution is 2.29. The molecule has 2 aromatic rings. The number of esters is 1. The molecule has 3 heterocycles. The van der Waals surface area contributed by atoms with Gasteiger partial charge in [-0.2, -0.15) is 10.2 Å². The Morgan fingerprint density at radius 2 is 2.10 bits per heavy atom. The first-order valence-electron chi connectivity index (χ1n) is 9.34. The summed E-state index contributed by atoms with van der Waals surface area (Å²) in [6.07, 6.45) is 3.99. The minimum Gasteiger partial charge on any atom is -0.459 e. The van der Waals surface area contributed by atoms with Gasteiger partial charge in [-0.15, -0.1) is 0 Å². The van der Waals surface area contributed by atoms with Gasteiger partial charge in [-0.3, -0.25) is 4.79 Å². The van der Waals surface area contributed by atoms with E-state index < -0.39 is 5.97 Å². The van der Waals surface area contributed by atoms with Crippen molar-refractivity contribution < 1.29 is 23.2 Å². The van der Waals surface area contributed by atoms with Crippen LogP contribution in [0.3, 0.4) is 0 Å². The van der Waals surface area contributed by atoms with Crippen LogP contribution in [0.5, 0.6) is 0 Å². The number of rotatable bonds is 6. The molecule has 1 saturated heterocycles. The number of nitriles is 1. The fourth-order valence-corrected chi connectivity index (χ4v) is 2.99. The predicted octanol–water partition coefficient (Wildman–Crippen LogP) is 2.35. The molecular weight excluding hydrogens is 376 g/mol. The summed E-state index contributed by atoms with van der Waals surface area (Å²) in [5.41, 5.74) is 0.662. The fourth-order valence-electron chi connectivity index (χ4n) is 2.99. The van der Waals surface area contributed by atoms with Crippen molar-refractivity contribution >= 4 is 17.8 Å². The van der Waals surface area contributed by atoms with Crippen LogP contribution < -0.4 is 4.90 Å². The maximum atomic E-state index is 12.3. The number of carbonyl (C=O) groups excluding carboxylic acids is 2. The number of anilines is 1. The third kappa shape index (κ3) is 4.66. The van der Waals surface area contributed by atoms with Crippen LogP contribution >= 0.6 is 0 Å². The van der Waals surface area contributed by atoms with Crippen molar-refractivity contribution in [3.05, 3.63) is 35.7 Å². The largest absolute Gasteiger partial charge is 0.459 e. The Balaban J connectivity index is 1.57. The molecule has 29 heavy (non-hydrogen) atoms. The quantitative estimate of drug-likeness (QED) is 0.538. The molecule has 9 heteroatoms.